The molecule has 17 heavy (non-hydrogen) atoms. The van der Waals surface area contributed by atoms with E-state index in [9.17, 15) is 4.79 Å². The Labute approximate surface area is 97.8 Å². The van der Waals surface area contributed by atoms with Crippen molar-refractivity contribution in [3.63, 3.8) is 0 Å². The van der Waals surface area contributed by atoms with Gasteiger partial charge in [-0.1, -0.05) is 6.08 Å². The van der Waals surface area contributed by atoms with E-state index in [2.05, 4.69) is 16.9 Å². The number of carbonyl (C=O) groups is 1. The topological polar surface area (TPSA) is 75.4 Å². The monoisotopic (exact) mass is 232 g/mol. The number of nitrogens with one attached hydrogen (secondary N) is 1. The van der Waals surface area contributed by atoms with E-state index in [0.29, 0.717) is 17.8 Å². The molecule has 0 saturated heterocycles. The lowest BCUT2D eigenvalue weighted by Crippen LogP contribution is -2.29. The number of hydrogen-bond acceptors (Lipinski definition) is 4. The maximum atomic E-state index is 11.0. The Morgan fingerprint density at radius 1 is 1.65 bits per heavy atom. The summed E-state index contributed by atoms with van der Waals surface area (Å²) >= 11 is 0. The quantitative estimate of drug-likeness (QED) is 0.773. The molecule has 1 unspecified atom stereocenters. The number of hydrogen-bond donors (Lipinski definition) is 2. The predicted molar refractivity (Wildman–Crippen MR) is 63.9 cm³/mol. The molecule has 0 radical (unpaired) electrons. The second-order valence-electron chi connectivity index (χ2n) is 3.55. The maximum absolute atomic E-state index is 11.0. The molecule has 2 aromatic rings. The highest BCUT2D eigenvalue weighted by Gasteiger charge is 2.17. The number of furan rings is 1. The lowest BCUT2D eigenvalue weighted by atomic mass is 10.2. The van der Waals surface area contributed by atoms with Crippen molar-refractivity contribution >= 4 is 22.8 Å². The van der Waals surface area contributed by atoms with Crippen molar-refractivity contribution < 1.29 is 14.3 Å². The molecule has 0 aliphatic heterocycles. The van der Waals surface area contributed by atoms with E-state index >= 15 is 0 Å². The Hall–Kier alpha value is -2.30. The van der Waals surface area contributed by atoms with Crippen LogP contribution in [-0.2, 0) is 4.79 Å². The van der Waals surface area contributed by atoms with Crippen LogP contribution in [0.4, 0.5) is 5.82 Å². The molecule has 1 atom stereocenters. The van der Waals surface area contributed by atoms with Gasteiger partial charge in [0.2, 0.25) is 0 Å². The number of aliphatic carboxylic acids is 1. The fraction of sp³-hybridized carbons (Fsp3) is 0.167. The standard InChI is InChI=1S/C12H12N2O3/c1-2-3-9(12(15)16)14-11-8-5-7-17-10(8)4-6-13-11/h2,4-7,9H,1,3H2,(H,13,14)(H,15,16). The minimum Gasteiger partial charge on any atom is -0.480 e. The van der Waals surface area contributed by atoms with Crippen molar-refractivity contribution in [1.29, 1.82) is 0 Å². The maximum Gasteiger partial charge on any atom is 0.326 e. The number of rotatable bonds is 5. The molecule has 2 N–H and O–H groups in total. The second kappa shape index (κ2) is 4.69. The van der Waals surface area contributed by atoms with Crippen LogP contribution in [0.5, 0.6) is 0 Å². The van der Waals surface area contributed by atoms with E-state index in [1.54, 1.807) is 30.7 Å². The highest BCUT2D eigenvalue weighted by Crippen LogP contribution is 2.22. The Morgan fingerprint density at radius 3 is 3.18 bits per heavy atom. The molecule has 0 spiro atoms. The largest absolute Gasteiger partial charge is 0.480 e. The fourth-order valence-electron chi connectivity index (χ4n) is 1.56. The minimum atomic E-state index is -0.938. The molecule has 5 nitrogen and oxygen atoms in total. The average Bonchev–Trinajstić information content (AvgIpc) is 2.77. The zero-order valence-electron chi connectivity index (χ0n) is 9.09. The van der Waals surface area contributed by atoms with Crippen LogP contribution in [0.15, 0.2) is 41.7 Å². The summed E-state index contributed by atoms with van der Waals surface area (Å²) in [6.45, 7) is 3.53. The number of anilines is 1. The van der Waals surface area contributed by atoms with E-state index in [4.69, 9.17) is 9.52 Å². The van der Waals surface area contributed by atoms with Crippen LogP contribution < -0.4 is 5.32 Å². The van der Waals surface area contributed by atoms with E-state index in [1.165, 1.54) is 0 Å². The smallest absolute Gasteiger partial charge is 0.326 e. The SMILES string of the molecule is C=CCC(Nc1nccc2occc12)C(=O)O. The molecule has 0 aromatic carbocycles. The van der Waals surface area contributed by atoms with Gasteiger partial charge in [0.05, 0.1) is 11.6 Å². The normalized spacial score (nSPS) is 12.2. The van der Waals surface area contributed by atoms with Gasteiger partial charge >= 0.3 is 5.97 Å². The van der Waals surface area contributed by atoms with Crippen molar-refractivity contribution in [3.8, 4) is 0 Å². The van der Waals surface area contributed by atoms with Crippen LogP contribution in [-0.4, -0.2) is 22.1 Å². The van der Waals surface area contributed by atoms with Gasteiger partial charge in [-0.2, -0.15) is 0 Å². The summed E-state index contributed by atoms with van der Waals surface area (Å²) in [5.74, 6) is -0.433. The summed E-state index contributed by atoms with van der Waals surface area (Å²) in [6, 6.07) is 2.74. The first-order valence-corrected chi connectivity index (χ1v) is 5.15. The Kier molecular flexibility index (Phi) is 3.09. The highest BCUT2D eigenvalue weighted by atomic mass is 16.4. The molecule has 5 heteroatoms. The molecule has 2 rings (SSSR count). The first kappa shape index (κ1) is 11.2. The third-order valence-corrected chi connectivity index (χ3v) is 2.39. The Morgan fingerprint density at radius 2 is 2.47 bits per heavy atom. The zero-order valence-corrected chi connectivity index (χ0v) is 9.09. The number of nitrogens with zero attached hydrogens (tertiary/aromatic N) is 1. The molecular weight excluding hydrogens is 220 g/mol. The highest BCUT2D eigenvalue weighted by molar-refractivity contribution is 5.90. The summed E-state index contributed by atoms with van der Waals surface area (Å²) in [5, 5.41) is 12.7. The van der Waals surface area contributed by atoms with Gasteiger partial charge in [0.25, 0.3) is 0 Å². The Bertz CT molecular complexity index is 547. The lowest BCUT2D eigenvalue weighted by Gasteiger charge is -2.13. The van der Waals surface area contributed by atoms with E-state index in [1.807, 2.05) is 0 Å². The summed E-state index contributed by atoms with van der Waals surface area (Å²) in [7, 11) is 0. The summed E-state index contributed by atoms with van der Waals surface area (Å²) in [5.41, 5.74) is 0.672. The Balaban J connectivity index is 2.30. The fourth-order valence-corrected chi connectivity index (χ4v) is 1.56. The van der Waals surface area contributed by atoms with Crippen molar-refractivity contribution in [2.24, 2.45) is 0 Å². The van der Waals surface area contributed by atoms with Gasteiger partial charge in [0.15, 0.2) is 0 Å². The molecule has 0 bridgehead atoms. The average molecular weight is 232 g/mol. The van der Waals surface area contributed by atoms with E-state index in [-0.39, 0.29) is 0 Å². The third-order valence-electron chi connectivity index (χ3n) is 2.39. The van der Waals surface area contributed by atoms with Crippen LogP contribution in [0.2, 0.25) is 0 Å². The zero-order chi connectivity index (χ0) is 12.3. The number of carboxylic acid groups (broad SMARTS) is 1. The van der Waals surface area contributed by atoms with Gasteiger partial charge in [0.1, 0.15) is 17.4 Å². The van der Waals surface area contributed by atoms with Crippen LogP contribution in [0, 0.1) is 0 Å². The number of fused-ring (bicyclic) bond motifs is 1. The molecule has 2 aromatic heterocycles. The molecule has 0 aliphatic rings. The minimum absolute atomic E-state index is 0.325. The van der Waals surface area contributed by atoms with Gasteiger partial charge in [0, 0.05) is 6.20 Å². The third kappa shape index (κ3) is 2.28. The number of pyridine rings is 1. The summed E-state index contributed by atoms with van der Waals surface area (Å²) in [6.07, 6.45) is 4.99. The van der Waals surface area contributed by atoms with Gasteiger partial charge in [-0.25, -0.2) is 9.78 Å². The molecular formula is C12H12N2O3. The van der Waals surface area contributed by atoms with Crippen molar-refractivity contribution in [2.45, 2.75) is 12.5 Å². The summed E-state index contributed by atoms with van der Waals surface area (Å²) in [4.78, 5) is 15.1. The molecule has 2 heterocycles. The van der Waals surface area contributed by atoms with Crippen molar-refractivity contribution in [1.82, 2.24) is 4.98 Å². The van der Waals surface area contributed by atoms with Gasteiger partial charge in [-0.3, -0.25) is 0 Å². The van der Waals surface area contributed by atoms with Crippen LogP contribution in [0.1, 0.15) is 6.42 Å². The molecule has 0 aliphatic carbocycles. The van der Waals surface area contributed by atoms with Crippen LogP contribution in [0.3, 0.4) is 0 Å². The second-order valence-corrected chi connectivity index (χ2v) is 3.55. The van der Waals surface area contributed by atoms with E-state index in [0.717, 1.165) is 5.39 Å². The van der Waals surface area contributed by atoms with Gasteiger partial charge in [-0.05, 0) is 18.6 Å². The molecule has 0 amide bonds. The lowest BCUT2D eigenvalue weighted by molar-refractivity contribution is -0.137. The molecule has 88 valence electrons. The van der Waals surface area contributed by atoms with Gasteiger partial charge in [-0.15, -0.1) is 6.58 Å². The summed E-state index contributed by atoms with van der Waals surface area (Å²) < 4.78 is 5.21. The molecule has 0 fully saturated rings. The van der Waals surface area contributed by atoms with Gasteiger partial charge < -0.3 is 14.8 Å². The first-order valence-electron chi connectivity index (χ1n) is 5.15. The molecule has 0 saturated carbocycles. The predicted octanol–water partition coefficient (Wildman–Crippen LogP) is 2.27. The van der Waals surface area contributed by atoms with Crippen molar-refractivity contribution in [2.75, 3.05) is 5.32 Å². The number of carboxylic acids is 1. The van der Waals surface area contributed by atoms with Crippen LogP contribution >= 0.6 is 0 Å². The number of aromatic nitrogens is 1. The van der Waals surface area contributed by atoms with Crippen molar-refractivity contribution in [3.05, 3.63) is 37.2 Å². The first-order chi connectivity index (χ1) is 8.22. The van der Waals surface area contributed by atoms with Crippen LogP contribution in [0.25, 0.3) is 11.0 Å². The van der Waals surface area contributed by atoms with E-state index < -0.39 is 12.0 Å².